The summed E-state index contributed by atoms with van der Waals surface area (Å²) in [5.74, 6) is -0.428. The number of hydrogen-bond donors (Lipinski definition) is 2. The molecule has 0 atom stereocenters. The summed E-state index contributed by atoms with van der Waals surface area (Å²) in [5, 5.41) is 9.41. The minimum Gasteiger partial charge on any atom is -0.484 e. The number of benzene rings is 2. The van der Waals surface area contributed by atoms with Crippen LogP contribution >= 0.6 is 23.2 Å². The number of carbonyl (C=O) groups is 2. The number of amides is 2. The second kappa shape index (κ2) is 9.51. The molecule has 134 valence electrons. The lowest BCUT2D eigenvalue weighted by atomic mass is 10.2. The van der Waals surface area contributed by atoms with Gasteiger partial charge < -0.3 is 9.47 Å². The molecule has 2 aromatic rings. The third-order valence-corrected chi connectivity index (χ3v) is 3.48. The molecule has 2 N–H and O–H groups in total. The van der Waals surface area contributed by atoms with Gasteiger partial charge >= 0.3 is 0 Å². The zero-order chi connectivity index (χ0) is 18.9. The normalized spacial score (nSPS) is 9.73. The quantitative estimate of drug-likeness (QED) is 0.734. The van der Waals surface area contributed by atoms with Crippen LogP contribution in [0.3, 0.4) is 0 Å². The molecule has 9 heteroatoms. The molecule has 0 radical (unpaired) electrons. The number of hydrogen-bond acceptors (Lipinski definition) is 5. The number of halogens is 2. The SMILES string of the molecule is N#Cc1ccc(OCC(=O)NNC(=O)COc2ccc(Cl)cc2Cl)cc1. The molecule has 0 fully saturated rings. The largest absolute Gasteiger partial charge is 0.484 e. The van der Waals surface area contributed by atoms with Gasteiger partial charge in [-0.1, -0.05) is 23.2 Å². The minimum absolute atomic E-state index is 0.269. The summed E-state index contributed by atoms with van der Waals surface area (Å²) < 4.78 is 10.4. The lowest BCUT2D eigenvalue weighted by Gasteiger charge is -2.10. The molecule has 26 heavy (non-hydrogen) atoms. The number of carbonyl (C=O) groups excluding carboxylic acids is 2. The molecule has 0 aliphatic carbocycles. The maximum Gasteiger partial charge on any atom is 0.276 e. The van der Waals surface area contributed by atoms with Crippen molar-refractivity contribution >= 4 is 35.0 Å². The Balaban J connectivity index is 1.69. The average molecular weight is 394 g/mol. The Morgan fingerprint density at radius 3 is 2.15 bits per heavy atom. The van der Waals surface area contributed by atoms with E-state index in [1.54, 1.807) is 30.3 Å². The van der Waals surface area contributed by atoms with E-state index >= 15 is 0 Å². The van der Waals surface area contributed by atoms with E-state index in [1.807, 2.05) is 6.07 Å². The predicted molar refractivity (Wildman–Crippen MR) is 94.9 cm³/mol. The van der Waals surface area contributed by atoms with Crippen LogP contribution in [0, 0.1) is 11.3 Å². The first kappa shape index (κ1) is 19.4. The van der Waals surface area contributed by atoms with Crippen LogP contribution in [0.4, 0.5) is 0 Å². The van der Waals surface area contributed by atoms with Gasteiger partial charge in [-0.15, -0.1) is 0 Å². The molecule has 0 spiro atoms. The molecule has 0 saturated carbocycles. The Hall–Kier alpha value is -2.95. The van der Waals surface area contributed by atoms with Crippen LogP contribution in [0.15, 0.2) is 42.5 Å². The van der Waals surface area contributed by atoms with Crippen molar-refractivity contribution in [1.29, 1.82) is 5.26 Å². The molecule has 7 nitrogen and oxygen atoms in total. The molecular weight excluding hydrogens is 381 g/mol. The molecule has 2 amide bonds. The van der Waals surface area contributed by atoms with Gasteiger partial charge in [0.1, 0.15) is 11.5 Å². The molecule has 0 aliphatic rings. The Morgan fingerprint density at radius 1 is 0.962 bits per heavy atom. The van der Waals surface area contributed by atoms with E-state index in [9.17, 15) is 9.59 Å². The zero-order valence-corrected chi connectivity index (χ0v) is 14.8. The first-order valence-corrected chi connectivity index (χ1v) is 8.02. The minimum atomic E-state index is -0.581. The molecule has 2 rings (SSSR count). The van der Waals surface area contributed by atoms with E-state index in [0.717, 1.165) is 0 Å². The van der Waals surface area contributed by atoms with Crippen LogP contribution in [0.25, 0.3) is 0 Å². The summed E-state index contributed by atoms with van der Waals surface area (Å²) in [7, 11) is 0. The van der Waals surface area contributed by atoms with Gasteiger partial charge in [0, 0.05) is 5.02 Å². The molecule has 0 aromatic heterocycles. The van der Waals surface area contributed by atoms with Gasteiger partial charge in [0.25, 0.3) is 11.8 Å². The fraction of sp³-hybridized carbons (Fsp3) is 0.118. The standard InChI is InChI=1S/C17H13Cl2N3O4/c18-12-3-6-15(14(19)7-12)26-10-17(24)22-21-16(23)9-25-13-4-1-11(8-20)2-5-13/h1-7H,9-10H2,(H,21,23)(H,22,24). The zero-order valence-electron chi connectivity index (χ0n) is 13.3. The highest BCUT2D eigenvalue weighted by molar-refractivity contribution is 6.35. The van der Waals surface area contributed by atoms with E-state index in [0.29, 0.717) is 22.1 Å². The van der Waals surface area contributed by atoms with Gasteiger partial charge in [0.05, 0.1) is 16.7 Å². The summed E-state index contributed by atoms with van der Waals surface area (Å²) in [6, 6.07) is 12.8. The fourth-order valence-corrected chi connectivity index (χ4v) is 2.18. The van der Waals surface area contributed by atoms with E-state index in [1.165, 1.54) is 12.1 Å². The first-order valence-electron chi connectivity index (χ1n) is 7.26. The molecule has 0 aliphatic heterocycles. The Labute approximate surface area is 159 Å². The van der Waals surface area contributed by atoms with Crippen LogP contribution in [-0.2, 0) is 9.59 Å². The van der Waals surface area contributed by atoms with Crippen LogP contribution in [0.2, 0.25) is 10.0 Å². The first-order chi connectivity index (χ1) is 12.5. The Bertz CT molecular complexity index is 835. The highest BCUT2D eigenvalue weighted by atomic mass is 35.5. The van der Waals surface area contributed by atoms with E-state index in [4.69, 9.17) is 37.9 Å². The monoisotopic (exact) mass is 393 g/mol. The smallest absolute Gasteiger partial charge is 0.276 e. The van der Waals surface area contributed by atoms with Crippen molar-refractivity contribution in [2.45, 2.75) is 0 Å². The Morgan fingerprint density at radius 2 is 1.58 bits per heavy atom. The van der Waals surface area contributed by atoms with Gasteiger partial charge in [0.15, 0.2) is 13.2 Å². The van der Waals surface area contributed by atoms with Crippen LogP contribution < -0.4 is 20.3 Å². The maximum absolute atomic E-state index is 11.7. The lowest BCUT2D eigenvalue weighted by molar-refractivity contribution is -0.131. The van der Waals surface area contributed by atoms with Gasteiger partial charge in [-0.25, -0.2) is 0 Å². The summed E-state index contributed by atoms with van der Waals surface area (Å²) in [6.45, 7) is -0.659. The Kier molecular flexibility index (Phi) is 7.09. The molecule has 0 heterocycles. The number of nitrogens with one attached hydrogen (secondary N) is 2. The summed E-state index contributed by atoms with van der Waals surface area (Å²) in [5.41, 5.74) is 4.85. The third kappa shape index (κ3) is 6.16. The van der Waals surface area contributed by atoms with Gasteiger partial charge in [-0.3, -0.25) is 20.4 Å². The van der Waals surface area contributed by atoms with Crippen molar-refractivity contribution in [3.63, 3.8) is 0 Å². The topological polar surface area (TPSA) is 100 Å². The predicted octanol–water partition coefficient (Wildman–Crippen LogP) is 2.47. The van der Waals surface area contributed by atoms with Gasteiger partial charge in [0.2, 0.25) is 0 Å². The van der Waals surface area contributed by atoms with E-state index in [-0.39, 0.29) is 18.2 Å². The highest BCUT2D eigenvalue weighted by Gasteiger charge is 2.08. The molecule has 0 bridgehead atoms. The van der Waals surface area contributed by atoms with E-state index in [2.05, 4.69) is 10.9 Å². The fourth-order valence-electron chi connectivity index (χ4n) is 1.72. The van der Waals surface area contributed by atoms with Gasteiger partial charge in [-0.05, 0) is 42.5 Å². The number of ether oxygens (including phenoxy) is 2. The van der Waals surface area contributed by atoms with Crippen molar-refractivity contribution in [1.82, 2.24) is 10.9 Å². The van der Waals surface area contributed by atoms with Crippen molar-refractivity contribution in [3.05, 3.63) is 58.1 Å². The second-order valence-electron chi connectivity index (χ2n) is 4.88. The number of rotatable bonds is 6. The van der Waals surface area contributed by atoms with Crippen molar-refractivity contribution < 1.29 is 19.1 Å². The van der Waals surface area contributed by atoms with Crippen molar-refractivity contribution in [2.24, 2.45) is 0 Å². The lowest BCUT2D eigenvalue weighted by Crippen LogP contribution is -2.45. The molecule has 0 unspecified atom stereocenters. The summed E-state index contributed by atoms with van der Waals surface area (Å²) >= 11 is 11.7. The average Bonchev–Trinajstić information content (AvgIpc) is 2.64. The van der Waals surface area contributed by atoms with Gasteiger partial charge in [-0.2, -0.15) is 5.26 Å². The van der Waals surface area contributed by atoms with Crippen molar-refractivity contribution in [2.75, 3.05) is 13.2 Å². The summed E-state index contributed by atoms with van der Waals surface area (Å²) in [6.07, 6.45) is 0. The highest BCUT2D eigenvalue weighted by Crippen LogP contribution is 2.27. The molecular formula is C17H13Cl2N3O4. The second-order valence-corrected chi connectivity index (χ2v) is 5.73. The molecule has 0 saturated heterocycles. The molecule has 2 aromatic carbocycles. The van der Waals surface area contributed by atoms with E-state index < -0.39 is 11.8 Å². The number of nitriles is 1. The summed E-state index contributed by atoms with van der Waals surface area (Å²) in [4.78, 5) is 23.3. The van der Waals surface area contributed by atoms with Crippen LogP contribution in [0.5, 0.6) is 11.5 Å². The number of nitrogens with zero attached hydrogens (tertiary/aromatic N) is 1. The van der Waals surface area contributed by atoms with Crippen LogP contribution in [-0.4, -0.2) is 25.0 Å². The van der Waals surface area contributed by atoms with Crippen molar-refractivity contribution in [3.8, 4) is 17.6 Å². The van der Waals surface area contributed by atoms with Crippen LogP contribution in [0.1, 0.15) is 5.56 Å². The third-order valence-electron chi connectivity index (χ3n) is 2.95. The number of hydrazine groups is 1. The maximum atomic E-state index is 11.7.